The first-order valence-electron chi connectivity index (χ1n) is 8.71. The predicted molar refractivity (Wildman–Crippen MR) is 103 cm³/mol. The molecule has 0 atom stereocenters. The molecule has 0 spiro atoms. The van der Waals surface area contributed by atoms with Crippen molar-refractivity contribution in [1.29, 1.82) is 0 Å². The molecule has 2 aromatic carbocycles. The van der Waals surface area contributed by atoms with Gasteiger partial charge in [0.15, 0.2) is 0 Å². The van der Waals surface area contributed by atoms with Crippen LogP contribution in [-0.2, 0) is 24.3 Å². The number of aliphatic carboxylic acids is 1. The van der Waals surface area contributed by atoms with E-state index in [1.54, 1.807) is 24.3 Å². The Labute approximate surface area is 161 Å². The maximum atomic E-state index is 12.4. The highest BCUT2D eigenvalue weighted by atomic mass is 16.4. The lowest BCUT2D eigenvalue weighted by Crippen LogP contribution is -2.29. The quantitative estimate of drug-likeness (QED) is 0.654. The average molecular weight is 377 g/mol. The van der Waals surface area contributed by atoms with Gasteiger partial charge in [0.1, 0.15) is 5.69 Å². The molecular weight excluding hydrogens is 358 g/mol. The van der Waals surface area contributed by atoms with E-state index in [9.17, 15) is 14.4 Å². The third-order valence-corrected chi connectivity index (χ3v) is 4.11. The highest BCUT2D eigenvalue weighted by Gasteiger charge is 2.10. The van der Waals surface area contributed by atoms with Crippen LogP contribution >= 0.6 is 0 Å². The number of hydrogen-bond acceptors (Lipinski definition) is 4. The molecule has 0 saturated carbocycles. The van der Waals surface area contributed by atoms with E-state index in [4.69, 9.17) is 5.11 Å². The summed E-state index contributed by atoms with van der Waals surface area (Å²) in [6, 6.07) is 19.1. The Kier molecular flexibility index (Phi) is 5.96. The number of nitrogens with one attached hydrogen (secondary N) is 1. The second-order valence-corrected chi connectivity index (χ2v) is 6.27. The lowest BCUT2D eigenvalue weighted by Gasteiger charge is -2.08. The molecule has 0 aliphatic carbocycles. The zero-order valence-corrected chi connectivity index (χ0v) is 15.0. The molecule has 0 aliphatic rings. The van der Waals surface area contributed by atoms with Gasteiger partial charge >= 0.3 is 5.97 Å². The maximum absolute atomic E-state index is 12.4. The van der Waals surface area contributed by atoms with E-state index in [1.807, 2.05) is 30.3 Å². The van der Waals surface area contributed by atoms with E-state index < -0.39 is 11.9 Å². The summed E-state index contributed by atoms with van der Waals surface area (Å²) in [6.07, 6.45) is -0.0421. The van der Waals surface area contributed by atoms with E-state index in [2.05, 4.69) is 10.4 Å². The van der Waals surface area contributed by atoms with E-state index >= 15 is 0 Å². The molecule has 1 amide bonds. The van der Waals surface area contributed by atoms with Gasteiger partial charge in [-0.2, -0.15) is 5.10 Å². The van der Waals surface area contributed by atoms with E-state index in [0.717, 1.165) is 11.1 Å². The minimum atomic E-state index is -0.891. The Morgan fingerprint density at radius 2 is 1.57 bits per heavy atom. The fourth-order valence-electron chi connectivity index (χ4n) is 2.66. The van der Waals surface area contributed by atoms with Crippen molar-refractivity contribution in [2.24, 2.45) is 0 Å². The van der Waals surface area contributed by atoms with Crippen LogP contribution < -0.4 is 10.9 Å². The second-order valence-electron chi connectivity index (χ2n) is 6.27. The molecule has 0 fully saturated rings. The number of carboxylic acids is 1. The van der Waals surface area contributed by atoms with Crippen LogP contribution in [-0.4, -0.2) is 26.8 Å². The number of aromatic nitrogens is 2. The Morgan fingerprint density at radius 1 is 0.893 bits per heavy atom. The molecule has 1 aromatic heterocycles. The molecule has 3 rings (SSSR count). The second kappa shape index (κ2) is 8.77. The molecule has 0 unspecified atom stereocenters. The van der Waals surface area contributed by atoms with Crippen LogP contribution in [0.25, 0.3) is 0 Å². The van der Waals surface area contributed by atoms with Gasteiger partial charge in [-0.1, -0.05) is 54.6 Å². The van der Waals surface area contributed by atoms with E-state index in [1.165, 1.54) is 16.8 Å². The first-order valence-corrected chi connectivity index (χ1v) is 8.71. The van der Waals surface area contributed by atoms with Crippen molar-refractivity contribution in [3.63, 3.8) is 0 Å². The fourth-order valence-corrected chi connectivity index (χ4v) is 2.66. The normalized spacial score (nSPS) is 10.4. The van der Waals surface area contributed by atoms with Crippen molar-refractivity contribution in [1.82, 2.24) is 15.1 Å². The van der Waals surface area contributed by atoms with Crippen LogP contribution in [0, 0.1) is 0 Å². The van der Waals surface area contributed by atoms with Crippen LogP contribution in [0.2, 0.25) is 0 Å². The number of amides is 1. The predicted octanol–water partition coefficient (Wildman–Crippen LogP) is 1.85. The van der Waals surface area contributed by atoms with Gasteiger partial charge in [0.25, 0.3) is 11.5 Å². The molecule has 0 aliphatic heterocycles. The Bertz CT molecular complexity index is 1030. The third kappa shape index (κ3) is 5.14. The average Bonchev–Trinajstić information content (AvgIpc) is 2.69. The molecule has 0 radical (unpaired) electrons. The van der Waals surface area contributed by atoms with Gasteiger partial charge in [0, 0.05) is 12.6 Å². The monoisotopic (exact) mass is 377 g/mol. The summed E-state index contributed by atoms with van der Waals surface area (Å²) >= 11 is 0. The van der Waals surface area contributed by atoms with Crippen molar-refractivity contribution < 1.29 is 14.7 Å². The van der Waals surface area contributed by atoms with E-state index in [0.29, 0.717) is 5.56 Å². The number of carbonyl (C=O) groups is 2. The topological polar surface area (TPSA) is 101 Å². The first kappa shape index (κ1) is 19.0. The van der Waals surface area contributed by atoms with Crippen LogP contribution in [0.4, 0.5) is 0 Å². The number of rotatable bonds is 7. The van der Waals surface area contributed by atoms with Crippen molar-refractivity contribution in [2.75, 3.05) is 0 Å². The standard InChI is InChI=1S/C21H19N3O4/c25-19-11-10-18(23-24(19)14-17-4-2-1-3-5-17)21(28)22-13-16-8-6-15(7-9-16)12-20(26)27/h1-11H,12-14H2,(H,22,28)(H,26,27). The minimum Gasteiger partial charge on any atom is -0.481 e. The molecule has 0 saturated heterocycles. The van der Waals surface area contributed by atoms with Gasteiger partial charge in [-0.25, -0.2) is 4.68 Å². The summed E-state index contributed by atoms with van der Waals surface area (Å²) in [5, 5.41) is 15.7. The molecule has 7 nitrogen and oxygen atoms in total. The Hall–Kier alpha value is -3.74. The Balaban J connectivity index is 1.65. The minimum absolute atomic E-state index is 0.0421. The SMILES string of the molecule is O=C(O)Cc1ccc(CNC(=O)c2ccc(=O)n(Cc3ccccc3)n2)cc1. The number of carbonyl (C=O) groups excluding carboxylic acids is 1. The van der Waals surface area contributed by atoms with Crippen LogP contribution in [0.3, 0.4) is 0 Å². The Morgan fingerprint density at radius 3 is 2.25 bits per heavy atom. The molecule has 7 heteroatoms. The van der Waals surface area contributed by atoms with Crippen molar-refractivity contribution in [3.05, 3.63) is 99.5 Å². The van der Waals surface area contributed by atoms with Crippen molar-refractivity contribution in [3.8, 4) is 0 Å². The van der Waals surface area contributed by atoms with Gasteiger partial charge in [-0.15, -0.1) is 0 Å². The van der Waals surface area contributed by atoms with E-state index in [-0.39, 0.29) is 30.8 Å². The molecule has 2 N–H and O–H groups in total. The molecular formula is C21H19N3O4. The van der Waals surface area contributed by atoms with Crippen molar-refractivity contribution in [2.45, 2.75) is 19.5 Å². The van der Waals surface area contributed by atoms with Crippen LogP contribution in [0.1, 0.15) is 27.2 Å². The first-order chi connectivity index (χ1) is 13.5. The summed E-state index contributed by atoms with van der Waals surface area (Å²) in [5.74, 6) is -1.28. The molecule has 1 heterocycles. The molecule has 0 bridgehead atoms. The molecule has 142 valence electrons. The molecule has 3 aromatic rings. The maximum Gasteiger partial charge on any atom is 0.307 e. The fraction of sp³-hybridized carbons (Fsp3) is 0.143. The van der Waals surface area contributed by atoms with Gasteiger partial charge < -0.3 is 10.4 Å². The van der Waals surface area contributed by atoms with Crippen LogP contribution in [0.15, 0.2) is 71.5 Å². The molecule has 28 heavy (non-hydrogen) atoms. The number of benzene rings is 2. The third-order valence-electron chi connectivity index (χ3n) is 4.11. The van der Waals surface area contributed by atoms with Gasteiger partial charge in [-0.05, 0) is 22.8 Å². The van der Waals surface area contributed by atoms with Crippen molar-refractivity contribution >= 4 is 11.9 Å². The highest BCUT2D eigenvalue weighted by Crippen LogP contribution is 2.06. The number of carboxylic acid groups (broad SMARTS) is 1. The summed E-state index contributed by atoms with van der Waals surface area (Å²) in [6.45, 7) is 0.553. The van der Waals surface area contributed by atoms with Gasteiger partial charge in [0.2, 0.25) is 0 Å². The van der Waals surface area contributed by atoms with Gasteiger partial charge in [-0.3, -0.25) is 14.4 Å². The zero-order valence-electron chi connectivity index (χ0n) is 15.0. The largest absolute Gasteiger partial charge is 0.481 e. The van der Waals surface area contributed by atoms with Gasteiger partial charge in [0.05, 0.1) is 13.0 Å². The lowest BCUT2D eigenvalue weighted by atomic mass is 10.1. The lowest BCUT2D eigenvalue weighted by molar-refractivity contribution is -0.136. The zero-order chi connectivity index (χ0) is 19.9. The summed E-state index contributed by atoms with van der Waals surface area (Å²) in [7, 11) is 0. The summed E-state index contributed by atoms with van der Waals surface area (Å²) < 4.78 is 1.25. The summed E-state index contributed by atoms with van der Waals surface area (Å²) in [5.41, 5.74) is 2.31. The van der Waals surface area contributed by atoms with Crippen LogP contribution in [0.5, 0.6) is 0 Å². The summed E-state index contributed by atoms with van der Waals surface area (Å²) in [4.78, 5) is 35.1. The highest BCUT2D eigenvalue weighted by molar-refractivity contribution is 5.91. The number of hydrogen-bond donors (Lipinski definition) is 2. The number of nitrogens with zero attached hydrogens (tertiary/aromatic N) is 2. The smallest absolute Gasteiger partial charge is 0.307 e.